The van der Waals surface area contributed by atoms with Crippen molar-refractivity contribution >= 4 is 28.5 Å². The highest BCUT2D eigenvalue weighted by Crippen LogP contribution is 2.32. The molecule has 7 heteroatoms. The third kappa shape index (κ3) is 5.76. The van der Waals surface area contributed by atoms with Gasteiger partial charge in [0.05, 0.1) is 16.9 Å². The second-order valence-electron chi connectivity index (χ2n) is 8.57. The molecule has 0 radical (unpaired) electrons. The van der Waals surface area contributed by atoms with Crippen LogP contribution in [0.5, 0.6) is 0 Å². The molecule has 1 aliphatic carbocycles. The van der Waals surface area contributed by atoms with Crippen LogP contribution < -0.4 is 16.4 Å². The molecule has 1 aliphatic heterocycles. The molecular formula is C24H33ClN6. The molecule has 5 rings (SSSR count). The SMILES string of the molecule is Clc1cnc(NC2CCCCC2)nc1-c1c[nH]c2ccccc12.NCC1CCCNC1. The normalized spacial score (nSPS) is 19.6. The number of H-pyrrole nitrogens is 1. The van der Waals surface area contributed by atoms with Crippen molar-refractivity contribution in [2.45, 2.75) is 51.0 Å². The fraction of sp³-hybridized carbons (Fsp3) is 0.500. The van der Waals surface area contributed by atoms with Gasteiger partial charge in [0.1, 0.15) is 0 Å². The van der Waals surface area contributed by atoms with Crippen LogP contribution in [0.2, 0.25) is 5.02 Å². The van der Waals surface area contributed by atoms with Gasteiger partial charge in [0.2, 0.25) is 5.95 Å². The number of fused-ring (bicyclic) bond motifs is 1. The highest BCUT2D eigenvalue weighted by atomic mass is 35.5. The Bertz CT molecular complexity index is 960. The van der Waals surface area contributed by atoms with Gasteiger partial charge in [0, 0.05) is 28.7 Å². The molecule has 2 aliphatic rings. The topological polar surface area (TPSA) is 91.7 Å². The summed E-state index contributed by atoms with van der Waals surface area (Å²) in [4.78, 5) is 12.3. The van der Waals surface area contributed by atoms with Crippen LogP contribution in [0.4, 0.5) is 5.95 Å². The number of anilines is 1. The molecule has 0 amide bonds. The lowest BCUT2D eigenvalue weighted by Gasteiger charge is -2.22. The number of rotatable bonds is 4. The Labute approximate surface area is 189 Å². The molecule has 1 atom stereocenters. The van der Waals surface area contributed by atoms with E-state index in [0.29, 0.717) is 17.0 Å². The predicted octanol–water partition coefficient (Wildman–Crippen LogP) is 4.97. The second kappa shape index (κ2) is 10.9. The van der Waals surface area contributed by atoms with Crippen LogP contribution >= 0.6 is 11.6 Å². The van der Waals surface area contributed by atoms with Crippen molar-refractivity contribution in [1.82, 2.24) is 20.3 Å². The van der Waals surface area contributed by atoms with Gasteiger partial charge in [-0.1, -0.05) is 49.1 Å². The maximum atomic E-state index is 6.36. The second-order valence-corrected chi connectivity index (χ2v) is 8.97. The lowest BCUT2D eigenvalue weighted by atomic mass is 9.96. The summed E-state index contributed by atoms with van der Waals surface area (Å²) in [7, 11) is 0. The number of aromatic nitrogens is 3. The van der Waals surface area contributed by atoms with Crippen LogP contribution in [0.15, 0.2) is 36.7 Å². The number of nitrogens with zero attached hydrogens (tertiary/aromatic N) is 2. The number of para-hydroxylation sites is 1. The minimum atomic E-state index is 0.473. The highest BCUT2D eigenvalue weighted by Gasteiger charge is 2.17. The number of halogens is 1. The molecule has 1 saturated carbocycles. The number of hydrogen-bond acceptors (Lipinski definition) is 5. The molecule has 31 heavy (non-hydrogen) atoms. The summed E-state index contributed by atoms with van der Waals surface area (Å²) >= 11 is 6.36. The van der Waals surface area contributed by atoms with Crippen molar-refractivity contribution in [3.05, 3.63) is 41.7 Å². The summed E-state index contributed by atoms with van der Waals surface area (Å²) in [5.41, 5.74) is 8.33. The van der Waals surface area contributed by atoms with Crippen LogP contribution in [0.3, 0.4) is 0 Å². The number of piperidine rings is 1. The Kier molecular flexibility index (Phi) is 7.78. The van der Waals surface area contributed by atoms with E-state index in [2.05, 4.69) is 37.7 Å². The first-order chi connectivity index (χ1) is 15.2. The number of hydrogen-bond donors (Lipinski definition) is 4. The summed E-state index contributed by atoms with van der Waals surface area (Å²) in [5.74, 6) is 1.42. The molecule has 0 spiro atoms. The fourth-order valence-corrected chi connectivity index (χ4v) is 4.64. The van der Waals surface area contributed by atoms with Gasteiger partial charge in [-0.15, -0.1) is 0 Å². The van der Waals surface area contributed by atoms with E-state index in [9.17, 15) is 0 Å². The van der Waals surface area contributed by atoms with E-state index in [4.69, 9.17) is 17.3 Å². The molecule has 2 fully saturated rings. The first-order valence-corrected chi connectivity index (χ1v) is 11.9. The quantitative estimate of drug-likeness (QED) is 0.459. The average Bonchev–Trinajstić information content (AvgIpc) is 3.26. The third-order valence-electron chi connectivity index (χ3n) is 6.26. The summed E-state index contributed by atoms with van der Waals surface area (Å²) in [5, 5.41) is 8.47. The van der Waals surface area contributed by atoms with E-state index in [-0.39, 0.29) is 0 Å². The van der Waals surface area contributed by atoms with Gasteiger partial charge >= 0.3 is 0 Å². The molecule has 6 nitrogen and oxygen atoms in total. The monoisotopic (exact) mass is 440 g/mol. The van der Waals surface area contributed by atoms with Gasteiger partial charge in [0.15, 0.2) is 0 Å². The van der Waals surface area contributed by atoms with Crippen molar-refractivity contribution in [1.29, 1.82) is 0 Å². The van der Waals surface area contributed by atoms with Crippen molar-refractivity contribution in [3.8, 4) is 11.3 Å². The zero-order valence-electron chi connectivity index (χ0n) is 18.0. The zero-order valence-corrected chi connectivity index (χ0v) is 18.8. The largest absolute Gasteiger partial charge is 0.360 e. The van der Waals surface area contributed by atoms with Crippen LogP contribution in [0.25, 0.3) is 22.2 Å². The van der Waals surface area contributed by atoms with Crippen LogP contribution in [0.1, 0.15) is 44.9 Å². The van der Waals surface area contributed by atoms with Crippen molar-refractivity contribution in [3.63, 3.8) is 0 Å². The standard InChI is InChI=1S/C18H19ClN4.C6H14N2/c19-15-11-21-18(22-12-6-2-1-3-7-12)23-17(15)14-10-20-16-9-5-4-8-13(14)16;7-4-6-2-1-3-8-5-6/h4-5,8-12,20H,1-3,6-7H2,(H,21,22,23);6,8H,1-5,7H2. The molecule has 1 saturated heterocycles. The maximum Gasteiger partial charge on any atom is 0.223 e. The van der Waals surface area contributed by atoms with Gasteiger partial charge in [0.25, 0.3) is 0 Å². The molecule has 0 bridgehead atoms. The summed E-state index contributed by atoms with van der Waals surface area (Å²) in [6, 6.07) is 8.64. The fourth-order valence-electron chi connectivity index (χ4n) is 4.45. The third-order valence-corrected chi connectivity index (χ3v) is 6.54. The summed E-state index contributed by atoms with van der Waals surface area (Å²) in [6.07, 6.45) is 12.6. The number of nitrogens with one attached hydrogen (secondary N) is 3. The number of nitrogens with two attached hydrogens (primary N) is 1. The van der Waals surface area contributed by atoms with E-state index < -0.39 is 0 Å². The van der Waals surface area contributed by atoms with Gasteiger partial charge in [-0.05, 0) is 57.3 Å². The average molecular weight is 441 g/mol. The van der Waals surface area contributed by atoms with E-state index >= 15 is 0 Å². The van der Waals surface area contributed by atoms with Gasteiger partial charge < -0.3 is 21.4 Å². The lowest BCUT2D eigenvalue weighted by molar-refractivity contribution is 0.385. The van der Waals surface area contributed by atoms with Crippen LogP contribution in [-0.4, -0.2) is 40.6 Å². The minimum absolute atomic E-state index is 0.473. The first-order valence-electron chi connectivity index (χ1n) is 11.5. The summed E-state index contributed by atoms with van der Waals surface area (Å²) < 4.78 is 0. The Morgan fingerprint density at radius 3 is 2.68 bits per heavy atom. The first kappa shape index (κ1) is 22.1. The predicted molar refractivity (Wildman–Crippen MR) is 129 cm³/mol. The number of benzene rings is 1. The highest BCUT2D eigenvalue weighted by molar-refractivity contribution is 6.33. The number of aromatic amines is 1. The molecular weight excluding hydrogens is 408 g/mol. The van der Waals surface area contributed by atoms with Gasteiger partial charge in [-0.2, -0.15) is 0 Å². The van der Waals surface area contributed by atoms with E-state index in [1.807, 2.05) is 18.3 Å². The molecule has 1 aromatic carbocycles. The van der Waals surface area contributed by atoms with Crippen molar-refractivity contribution in [2.75, 3.05) is 25.0 Å². The lowest BCUT2D eigenvalue weighted by Crippen LogP contribution is -2.33. The van der Waals surface area contributed by atoms with E-state index in [1.54, 1.807) is 6.20 Å². The van der Waals surface area contributed by atoms with Gasteiger partial charge in [-0.3, -0.25) is 0 Å². The van der Waals surface area contributed by atoms with E-state index in [0.717, 1.165) is 41.2 Å². The van der Waals surface area contributed by atoms with Crippen LogP contribution in [-0.2, 0) is 0 Å². The minimum Gasteiger partial charge on any atom is -0.360 e. The molecule has 3 aromatic rings. The molecule has 166 valence electrons. The smallest absolute Gasteiger partial charge is 0.223 e. The maximum absolute atomic E-state index is 6.36. The zero-order chi connectivity index (χ0) is 21.5. The Morgan fingerprint density at radius 1 is 1.10 bits per heavy atom. The molecule has 3 heterocycles. The Balaban J connectivity index is 0.000000245. The van der Waals surface area contributed by atoms with E-state index in [1.165, 1.54) is 51.5 Å². The Hall–Kier alpha value is -2.15. The molecule has 2 aromatic heterocycles. The summed E-state index contributed by atoms with van der Waals surface area (Å²) in [6.45, 7) is 3.18. The Morgan fingerprint density at radius 2 is 1.94 bits per heavy atom. The van der Waals surface area contributed by atoms with Crippen LogP contribution in [0, 0.1) is 5.92 Å². The van der Waals surface area contributed by atoms with Crippen molar-refractivity contribution < 1.29 is 0 Å². The molecule has 1 unspecified atom stereocenters. The van der Waals surface area contributed by atoms with Crippen molar-refractivity contribution in [2.24, 2.45) is 11.7 Å². The molecule has 5 N–H and O–H groups in total. The van der Waals surface area contributed by atoms with Gasteiger partial charge in [-0.25, -0.2) is 9.97 Å².